The lowest BCUT2D eigenvalue weighted by atomic mass is 10.2. The molecule has 6 rings (SSSR count). The fourth-order valence-electron chi connectivity index (χ4n) is 3.19. The second kappa shape index (κ2) is 21.2. The minimum atomic E-state index is -0.0802. The highest BCUT2D eigenvalue weighted by Crippen LogP contribution is 2.30. The number of nitrogens with two attached hydrogens (primary N) is 2. The van der Waals surface area contributed by atoms with E-state index in [1.54, 1.807) is 41.7 Å². The number of carbonyl (C=O) groups is 3. The SMILES string of the molecule is C.CC(=O)CC(=O)c1cccs1.CC(=O)c1cccs1.Cc1[nH]nc(-c2cccs2)c1Cl.Cc1cc(-c2cccs2)n[nH]1.NN. The smallest absolute Gasteiger partial charge is 0.180 e. The number of halogens is 1. The molecule has 0 spiro atoms. The first-order chi connectivity index (χ1) is 21.2. The van der Waals surface area contributed by atoms with E-state index >= 15 is 0 Å². The summed E-state index contributed by atoms with van der Waals surface area (Å²) in [6.45, 7) is 6.91. The minimum absolute atomic E-state index is 0. The van der Waals surface area contributed by atoms with Crippen molar-refractivity contribution in [3.8, 4) is 21.1 Å². The molecule has 0 saturated heterocycles. The van der Waals surface area contributed by atoms with Crippen molar-refractivity contribution in [1.82, 2.24) is 20.4 Å². The third-order valence-electron chi connectivity index (χ3n) is 5.18. The van der Waals surface area contributed by atoms with Crippen LogP contribution in [0.2, 0.25) is 5.02 Å². The van der Waals surface area contributed by atoms with E-state index in [0.717, 1.165) is 37.6 Å². The summed E-state index contributed by atoms with van der Waals surface area (Å²) in [4.78, 5) is 36.0. The molecule has 0 saturated carbocycles. The molecule has 0 fully saturated rings. The van der Waals surface area contributed by atoms with Crippen LogP contribution in [0.4, 0.5) is 0 Å². The van der Waals surface area contributed by atoms with Crippen molar-refractivity contribution in [2.45, 2.75) is 41.5 Å². The molecule has 45 heavy (non-hydrogen) atoms. The first-order valence-corrected chi connectivity index (χ1v) is 16.8. The summed E-state index contributed by atoms with van der Waals surface area (Å²) >= 11 is 12.2. The molecule has 0 amide bonds. The molecule has 0 atom stereocenters. The van der Waals surface area contributed by atoms with Crippen molar-refractivity contribution in [2.24, 2.45) is 11.7 Å². The Morgan fingerprint density at radius 1 is 0.778 bits per heavy atom. The van der Waals surface area contributed by atoms with Crippen LogP contribution < -0.4 is 11.7 Å². The molecule has 0 aliphatic carbocycles. The number of hydrazine groups is 1. The summed E-state index contributed by atoms with van der Waals surface area (Å²) in [6.07, 6.45) is 0.0283. The Kier molecular flexibility index (Phi) is 18.6. The van der Waals surface area contributed by atoms with Gasteiger partial charge in [-0.3, -0.25) is 36.3 Å². The highest BCUT2D eigenvalue weighted by molar-refractivity contribution is 7.14. The van der Waals surface area contributed by atoms with E-state index in [9.17, 15) is 14.4 Å². The normalized spacial score (nSPS) is 9.40. The van der Waals surface area contributed by atoms with Gasteiger partial charge in [-0.2, -0.15) is 10.2 Å². The predicted octanol–water partition coefficient (Wildman–Crippen LogP) is 8.86. The Balaban J connectivity index is 0.000000295. The lowest BCUT2D eigenvalue weighted by Crippen LogP contribution is -2.02. The van der Waals surface area contributed by atoms with Crippen LogP contribution in [0.25, 0.3) is 21.1 Å². The van der Waals surface area contributed by atoms with Gasteiger partial charge in [-0.25, -0.2) is 0 Å². The van der Waals surface area contributed by atoms with Gasteiger partial charge in [-0.1, -0.05) is 43.3 Å². The molecular weight excluding hydrogens is 668 g/mol. The fraction of sp³-hybridized carbons (Fsp3) is 0.194. The van der Waals surface area contributed by atoms with E-state index < -0.39 is 0 Å². The highest BCUT2D eigenvalue weighted by atomic mass is 35.5. The molecule has 240 valence electrons. The molecule has 0 aliphatic heterocycles. The van der Waals surface area contributed by atoms with Crippen LogP contribution in [0.1, 0.15) is 58.4 Å². The summed E-state index contributed by atoms with van der Waals surface area (Å²) in [6, 6.07) is 17.4. The summed E-state index contributed by atoms with van der Waals surface area (Å²) in [5.74, 6) is 8.00. The topological polar surface area (TPSA) is 161 Å². The molecule has 0 radical (unpaired) electrons. The van der Waals surface area contributed by atoms with Gasteiger partial charge in [-0.05, 0) is 79.5 Å². The lowest BCUT2D eigenvalue weighted by Gasteiger charge is -1.90. The van der Waals surface area contributed by atoms with Gasteiger partial charge >= 0.3 is 0 Å². The predicted molar refractivity (Wildman–Crippen MR) is 192 cm³/mol. The van der Waals surface area contributed by atoms with Gasteiger partial charge in [0.1, 0.15) is 17.2 Å². The van der Waals surface area contributed by atoms with Crippen LogP contribution >= 0.6 is 56.9 Å². The molecule has 6 aromatic rings. The van der Waals surface area contributed by atoms with Gasteiger partial charge < -0.3 is 0 Å². The number of Topliss-reactive ketones (excluding diaryl/α,β-unsaturated/α-hetero) is 3. The zero-order valence-corrected chi connectivity index (χ0v) is 28.5. The Labute approximate surface area is 284 Å². The first kappa shape index (κ1) is 39.5. The second-order valence-corrected chi connectivity index (χ2v) is 12.9. The van der Waals surface area contributed by atoms with Crippen LogP contribution in [0.3, 0.4) is 0 Å². The van der Waals surface area contributed by atoms with Gasteiger partial charge in [0, 0.05) is 5.69 Å². The van der Waals surface area contributed by atoms with Crippen LogP contribution in [-0.4, -0.2) is 37.7 Å². The number of rotatable bonds is 6. The van der Waals surface area contributed by atoms with E-state index in [4.69, 9.17) is 11.6 Å². The van der Waals surface area contributed by atoms with Crippen molar-refractivity contribution in [1.29, 1.82) is 0 Å². The summed E-state index contributed by atoms with van der Waals surface area (Å²) in [5, 5.41) is 22.5. The van der Waals surface area contributed by atoms with Gasteiger partial charge in [0.05, 0.1) is 36.6 Å². The van der Waals surface area contributed by atoms with Crippen LogP contribution in [0, 0.1) is 13.8 Å². The van der Waals surface area contributed by atoms with E-state index in [0.29, 0.717) is 4.88 Å². The molecule has 6 heterocycles. The number of nitrogens with zero attached hydrogens (tertiary/aromatic N) is 2. The number of ketones is 3. The number of nitrogens with one attached hydrogen (secondary N) is 2. The molecule has 14 heteroatoms. The van der Waals surface area contributed by atoms with Gasteiger partial charge in [0.25, 0.3) is 0 Å². The van der Waals surface area contributed by atoms with Crippen molar-refractivity contribution < 1.29 is 14.4 Å². The standard InChI is InChI=1S/C8H7ClN2S.C8H8N2S.C8H8O2S.C6H6OS.CH4.H4N2/c1-5-7(9)8(11-10-5)6-3-2-4-12-6;1-6-5-7(10-9-6)8-3-2-4-11-8;1-6(9)5-7(10)8-3-2-4-11-8;1-5(7)6-3-2-4-8-6;;1-2/h2-4H,1H3,(H,10,11);2-5H,1H3,(H,9,10);2-4H,5H2,1H3;2-4H,1H3;1H4;1-2H2. The average Bonchev–Trinajstić information content (AvgIpc) is 3.85. The summed E-state index contributed by atoms with van der Waals surface area (Å²) in [5.41, 5.74) is 3.91. The first-order valence-electron chi connectivity index (χ1n) is 12.9. The molecule has 6 N–H and O–H groups in total. The van der Waals surface area contributed by atoms with Crippen LogP contribution in [-0.2, 0) is 4.79 Å². The van der Waals surface area contributed by atoms with E-state index in [1.165, 1.54) is 34.5 Å². The van der Waals surface area contributed by atoms with Crippen LogP contribution in [0.5, 0.6) is 0 Å². The van der Waals surface area contributed by atoms with E-state index in [-0.39, 0.29) is 31.2 Å². The van der Waals surface area contributed by atoms with Gasteiger partial charge in [-0.15, -0.1) is 45.3 Å². The third-order valence-corrected chi connectivity index (χ3v) is 9.29. The zero-order valence-electron chi connectivity index (χ0n) is 24.5. The van der Waals surface area contributed by atoms with Crippen LogP contribution in [0.15, 0.2) is 76.1 Å². The number of thiophene rings is 4. The lowest BCUT2D eigenvalue weighted by molar-refractivity contribution is -0.116. The third kappa shape index (κ3) is 13.5. The average molecular weight is 705 g/mol. The highest BCUT2D eigenvalue weighted by Gasteiger charge is 2.10. The maximum absolute atomic E-state index is 11.1. The van der Waals surface area contributed by atoms with E-state index in [2.05, 4.69) is 43.5 Å². The Morgan fingerprint density at radius 2 is 1.31 bits per heavy atom. The van der Waals surface area contributed by atoms with Crippen molar-refractivity contribution in [2.75, 3.05) is 0 Å². The molecule has 9 nitrogen and oxygen atoms in total. The quantitative estimate of drug-likeness (QED) is 0.0583. The Morgan fingerprint density at radius 3 is 1.69 bits per heavy atom. The molecular formula is C31H37ClN6O3S4. The Hall–Kier alpha value is -3.56. The molecule has 0 aliphatic rings. The maximum Gasteiger partial charge on any atom is 0.180 e. The number of aromatic amines is 2. The summed E-state index contributed by atoms with van der Waals surface area (Å²) in [7, 11) is 0. The Bertz CT molecular complexity index is 1660. The second-order valence-electron chi connectivity index (χ2n) is 8.71. The number of hydrogen-bond donors (Lipinski definition) is 4. The zero-order chi connectivity index (χ0) is 32.5. The monoisotopic (exact) mass is 704 g/mol. The molecule has 0 aromatic carbocycles. The number of H-pyrrole nitrogens is 2. The summed E-state index contributed by atoms with van der Waals surface area (Å²) < 4.78 is 0. The van der Waals surface area contributed by atoms with E-state index in [1.807, 2.05) is 66.4 Å². The van der Waals surface area contributed by atoms with Gasteiger partial charge in [0.2, 0.25) is 0 Å². The molecule has 0 bridgehead atoms. The van der Waals surface area contributed by atoms with Crippen molar-refractivity contribution >= 4 is 74.3 Å². The number of aryl methyl sites for hydroxylation is 2. The minimum Gasteiger partial charge on any atom is -0.300 e. The fourth-order valence-corrected chi connectivity index (χ4v) is 6.13. The molecule has 0 unspecified atom stereocenters. The van der Waals surface area contributed by atoms with Crippen molar-refractivity contribution in [3.05, 3.63) is 102 Å². The van der Waals surface area contributed by atoms with Gasteiger partial charge in [0.15, 0.2) is 11.6 Å². The number of aromatic nitrogens is 4. The number of carbonyl (C=O) groups excluding carboxylic acids is 3. The largest absolute Gasteiger partial charge is 0.300 e. The van der Waals surface area contributed by atoms with Crippen molar-refractivity contribution in [3.63, 3.8) is 0 Å². The maximum atomic E-state index is 11.1. The molecule has 6 aromatic heterocycles. The number of hydrogen-bond acceptors (Lipinski definition) is 11.